The number of para-hydroxylation sites is 1. The molecule has 1 fully saturated rings. The number of benzene rings is 2. The number of aromatic nitrogens is 4. The maximum atomic E-state index is 13.6. The standard InChI is InChI=1S/C28H25N7OS/c1-18-6-4-7-19(16-18)25-31-23(17-24(34-25)35-14-12-29-13-15-35)26(36)32-21-9-3-2-8-20(21)27-33-22-10-5-11-30-28(22)37-27/h2-11,16-17,29H,12-15H2,1H3,(H,32,36). The average Bonchev–Trinajstić information content (AvgIpc) is 3.38. The van der Waals surface area contributed by atoms with E-state index < -0.39 is 0 Å². The molecule has 0 saturated carbocycles. The molecule has 37 heavy (non-hydrogen) atoms. The van der Waals surface area contributed by atoms with Crippen molar-refractivity contribution < 1.29 is 4.79 Å². The summed E-state index contributed by atoms with van der Waals surface area (Å²) in [5.74, 6) is 0.999. The Bertz CT molecular complexity index is 1560. The number of piperazine rings is 1. The predicted molar refractivity (Wildman–Crippen MR) is 148 cm³/mol. The first-order valence-corrected chi connectivity index (χ1v) is 13.0. The van der Waals surface area contributed by atoms with Crippen molar-refractivity contribution in [1.82, 2.24) is 25.3 Å². The fourth-order valence-electron chi connectivity index (χ4n) is 4.37. The van der Waals surface area contributed by atoms with Gasteiger partial charge in [0.25, 0.3) is 5.91 Å². The summed E-state index contributed by atoms with van der Waals surface area (Å²) in [6.07, 6.45) is 1.76. The number of rotatable bonds is 5. The molecule has 9 heteroatoms. The zero-order chi connectivity index (χ0) is 25.2. The van der Waals surface area contributed by atoms with Crippen LogP contribution in [0.2, 0.25) is 0 Å². The lowest BCUT2D eigenvalue weighted by atomic mass is 10.1. The molecule has 0 aliphatic carbocycles. The third-order valence-electron chi connectivity index (χ3n) is 6.23. The van der Waals surface area contributed by atoms with Crippen LogP contribution in [-0.2, 0) is 0 Å². The topological polar surface area (TPSA) is 95.9 Å². The quantitative estimate of drug-likeness (QED) is 0.353. The monoisotopic (exact) mass is 507 g/mol. The number of aryl methyl sites for hydroxylation is 1. The van der Waals surface area contributed by atoms with E-state index >= 15 is 0 Å². The van der Waals surface area contributed by atoms with E-state index in [1.165, 1.54) is 11.3 Å². The smallest absolute Gasteiger partial charge is 0.274 e. The molecule has 1 aliphatic rings. The summed E-state index contributed by atoms with van der Waals surface area (Å²) >= 11 is 1.50. The fourth-order valence-corrected chi connectivity index (χ4v) is 5.32. The van der Waals surface area contributed by atoms with Crippen LogP contribution in [0.1, 0.15) is 16.1 Å². The van der Waals surface area contributed by atoms with Crippen LogP contribution in [0.5, 0.6) is 0 Å². The minimum Gasteiger partial charge on any atom is -0.354 e. The maximum Gasteiger partial charge on any atom is 0.274 e. The van der Waals surface area contributed by atoms with Crippen LogP contribution in [0.3, 0.4) is 0 Å². The first kappa shape index (κ1) is 23.2. The molecule has 1 saturated heterocycles. The highest BCUT2D eigenvalue weighted by Crippen LogP contribution is 2.34. The highest BCUT2D eigenvalue weighted by molar-refractivity contribution is 7.21. The largest absolute Gasteiger partial charge is 0.354 e. The van der Waals surface area contributed by atoms with E-state index in [0.29, 0.717) is 17.2 Å². The highest BCUT2D eigenvalue weighted by atomic mass is 32.1. The molecule has 0 radical (unpaired) electrons. The molecule has 5 aromatic rings. The van der Waals surface area contributed by atoms with Gasteiger partial charge in [-0.2, -0.15) is 0 Å². The zero-order valence-electron chi connectivity index (χ0n) is 20.3. The maximum absolute atomic E-state index is 13.6. The van der Waals surface area contributed by atoms with Crippen molar-refractivity contribution in [3.8, 4) is 22.0 Å². The van der Waals surface area contributed by atoms with Gasteiger partial charge in [-0.15, -0.1) is 0 Å². The van der Waals surface area contributed by atoms with Gasteiger partial charge in [-0.1, -0.05) is 47.2 Å². The van der Waals surface area contributed by atoms with E-state index in [9.17, 15) is 4.79 Å². The van der Waals surface area contributed by atoms with Gasteiger partial charge in [0.05, 0.1) is 5.69 Å². The van der Waals surface area contributed by atoms with E-state index in [-0.39, 0.29) is 5.91 Å². The number of carbonyl (C=O) groups excluding carboxylic acids is 1. The van der Waals surface area contributed by atoms with Crippen molar-refractivity contribution in [3.05, 3.63) is 84.2 Å². The SMILES string of the molecule is Cc1cccc(-c2nc(C(=O)Nc3ccccc3-c3nc4cccnc4s3)cc(N3CCNCC3)n2)c1. The number of amides is 1. The number of anilines is 2. The number of hydrogen-bond donors (Lipinski definition) is 2. The van der Waals surface area contributed by atoms with Crippen molar-refractivity contribution in [2.75, 3.05) is 36.4 Å². The molecule has 0 atom stereocenters. The first-order chi connectivity index (χ1) is 18.1. The number of thiazole rings is 1. The van der Waals surface area contributed by atoms with Crippen LogP contribution in [-0.4, -0.2) is 52.0 Å². The summed E-state index contributed by atoms with van der Waals surface area (Å²) in [7, 11) is 0. The lowest BCUT2D eigenvalue weighted by Gasteiger charge is -2.28. The number of fused-ring (bicyclic) bond motifs is 1. The van der Waals surface area contributed by atoms with Crippen molar-refractivity contribution >= 4 is 39.1 Å². The summed E-state index contributed by atoms with van der Waals surface area (Å²) in [6, 6.07) is 21.3. The van der Waals surface area contributed by atoms with Gasteiger partial charge in [0.1, 0.15) is 26.9 Å². The molecular formula is C28H25N7OS. The van der Waals surface area contributed by atoms with Crippen LogP contribution < -0.4 is 15.5 Å². The van der Waals surface area contributed by atoms with E-state index in [4.69, 9.17) is 9.97 Å². The first-order valence-electron chi connectivity index (χ1n) is 12.2. The molecule has 3 aromatic heterocycles. The molecule has 2 aromatic carbocycles. The number of hydrogen-bond acceptors (Lipinski definition) is 8. The van der Waals surface area contributed by atoms with Crippen LogP contribution in [0, 0.1) is 6.92 Å². The molecule has 8 nitrogen and oxygen atoms in total. The normalized spacial score (nSPS) is 13.6. The van der Waals surface area contributed by atoms with Crippen molar-refractivity contribution in [3.63, 3.8) is 0 Å². The molecule has 0 bridgehead atoms. The van der Waals surface area contributed by atoms with Crippen LogP contribution in [0.25, 0.3) is 32.3 Å². The predicted octanol–water partition coefficient (Wildman–Crippen LogP) is 4.79. The van der Waals surface area contributed by atoms with Crippen LogP contribution in [0.4, 0.5) is 11.5 Å². The van der Waals surface area contributed by atoms with Gasteiger partial charge in [0.2, 0.25) is 0 Å². The van der Waals surface area contributed by atoms with E-state index in [1.54, 1.807) is 12.3 Å². The molecular weight excluding hydrogens is 482 g/mol. The lowest BCUT2D eigenvalue weighted by Crippen LogP contribution is -2.44. The highest BCUT2D eigenvalue weighted by Gasteiger charge is 2.20. The van der Waals surface area contributed by atoms with E-state index in [2.05, 4.69) is 25.5 Å². The minimum absolute atomic E-state index is 0.292. The molecule has 0 unspecified atom stereocenters. The van der Waals surface area contributed by atoms with Gasteiger partial charge in [0, 0.05) is 49.6 Å². The summed E-state index contributed by atoms with van der Waals surface area (Å²) < 4.78 is 0. The summed E-state index contributed by atoms with van der Waals surface area (Å²) in [4.78, 5) is 35.3. The molecule has 0 spiro atoms. The molecule has 6 rings (SSSR count). The molecule has 1 aliphatic heterocycles. The number of pyridine rings is 1. The van der Waals surface area contributed by atoms with Crippen molar-refractivity contribution in [2.24, 2.45) is 0 Å². The zero-order valence-corrected chi connectivity index (χ0v) is 21.1. The Balaban J connectivity index is 1.37. The Kier molecular flexibility index (Phi) is 6.30. The second kappa shape index (κ2) is 10.0. The Morgan fingerprint density at radius 2 is 1.84 bits per heavy atom. The van der Waals surface area contributed by atoms with Gasteiger partial charge in [0.15, 0.2) is 5.82 Å². The minimum atomic E-state index is -0.292. The van der Waals surface area contributed by atoms with Gasteiger partial charge in [-0.3, -0.25) is 4.79 Å². The van der Waals surface area contributed by atoms with Crippen LogP contribution >= 0.6 is 11.3 Å². The summed E-state index contributed by atoms with van der Waals surface area (Å²) in [5, 5.41) is 7.24. The summed E-state index contributed by atoms with van der Waals surface area (Å²) in [6.45, 7) is 5.41. The molecule has 1 amide bonds. The van der Waals surface area contributed by atoms with Crippen LogP contribution in [0.15, 0.2) is 72.9 Å². The number of carbonyl (C=O) groups is 1. The van der Waals surface area contributed by atoms with E-state index in [1.807, 2.05) is 67.6 Å². The van der Waals surface area contributed by atoms with Crippen molar-refractivity contribution in [2.45, 2.75) is 6.92 Å². The van der Waals surface area contributed by atoms with Gasteiger partial charge >= 0.3 is 0 Å². The molecule has 4 heterocycles. The van der Waals surface area contributed by atoms with Gasteiger partial charge in [-0.05, 0) is 37.3 Å². The fraction of sp³-hybridized carbons (Fsp3) is 0.179. The van der Waals surface area contributed by atoms with Gasteiger partial charge < -0.3 is 15.5 Å². The third kappa shape index (κ3) is 4.91. The molecule has 2 N–H and O–H groups in total. The third-order valence-corrected chi connectivity index (χ3v) is 7.25. The van der Waals surface area contributed by atoms with E-state index in [0.717, 1.165) is 64.0 Å². The Labute approximate surface area is 218 Å². The Morgan fingerprint density at radius 3 is 2.68 bits per heavy atom. The lowest BCUT2D eigenvalue weighted by molar-refractivity contribution is 0.102. The van der Waals surface area contributed by atoms with Crippen molar-refractivity contribution in [1.29, 1.82) is 0 Å². The molecule has 184 valence electrons. The average molecular weight is 508 g/mol. The number of nitrogens with one attached hydrogen (secondary N) is 2. The Morgan fingerprint density at radius 1 is 0.973 bits per heavy atom. The Hall–Kier alpha value is -4.21. The number of nitrogens with zero attached hydrogens (tertiary/aromatic N) is 5. The second-order valence-corrected chi connectivity index (χ2v) is 9.87. The van der Waals surface area contributed by atoms with Gasteiger partial charge in [-0.25, -0.2) is 19.9 Å². The summed E-state index contributed by atoms with van der Waals surface area (Å²) in [5.41, 5.74) is 4.66. The second-order valence-electron chi connectivity index (χ2n) is 8.89.